The van der Waals surface area contributed by atoms with E-state index in [0.717, 1.165) is 141 Å². The van der Waals surface area contributed by atoms with Crippen molar-refractivity contribution in [1.82, 2.24) is 0 Å². The largest absolute Gasteiger partial charge is 0.472 e. The van der Waals surface area contributed by atoms with E-state index >= 15 is 0 Å². The van der Waals surface area contributed by atoms with Gasteiger partial charge in [-0.3, -0.25) is 18.6 Å². The van der Waals surface area contributed by atoms with Crippen molar-refractivity contribution in [1.29, 1.82) is 0 Å². The van der Waals surface area contributed by atoms with Gasteiger partial charge >= 0.3 is 19.8 Å². The van der Waals surface area contributed by atoms with Crippen LogP contribution >= 0.6 is 7.82 Å². The molecule has 0 saturated carbocycles. The molecule has 2 atom stereocenters. The average Bonchev–Trinajstić information content (AvgIpc) is 3.35. The fourth-order valence-corrected chi connectivity index (χ4v) is 7.54. The van der Waals surface area contributed by atoms with Crippen molar-refractivity contribution in [3.63, 3.8) is 0 Å². The topological polar surface area (TPSA) is 134 Å². The van der Waals surface area contributed by atoms with Crippen molar-refractivity contribution in [2.45, 2.75) is 206 Å². The van der Waals surface area contributed by atoms with Gasteiger partial charge in [0.15, 0.2) is 6.10 Å². The number of hydrogen-bond acceptors (Lipinski definition) is 8. The molecule has 0 aromatic heterocycles. The second kappa shape index (κ2) is 54.5. The lowest BCUT2D eigenvalue weighted by atomic mass is 10.1. The Morgan fingerprint density at radius 2 is 0.786 bits per heavy atom. The number of rotatable bonds is 49. The fourth-order valence-electron chi connectivity index (χ4n) is 6.77. The first-order chi connectivity index (χ1) is 34.3. The first-order valence-corrected chi connectivity index (χ1v) is 28.7. The number of hydrogen-bond donors (Lipinski definition) is 2. The number of allylic oxidation sites excluding steroid dienone is 22. The van der Waals surface area contributed by atoms with E-state index in [2.05, 4.69) is 148 Å². The maximum atomic E-state index is 12.6. The first-order valence-electron chi connectivity index (χ1n) is 27.2. The third-order valence-corrected chi connectivity index (χ3v) is 11.8. The Morgan fingerprint density at radius 3 is 1.19 bits per heavy atom. The van der Waals surface area contributed by atoms with Gasteiger partial charge in [-0.15, -0.1) is 0 Å². The zero-order chi connectivity index (χ0) is 51.0. The molecule has 0 aliphatic rings. The summed E-state index contributed by atoms with van der Waals surface area (Å²) in [6.45, 7) is 3.54. The smallest absolute Gasteiger partial charge is 0.462 e. The molecule has 396 valence electrons. The van der Waals surface area contributed by atoms with Crippen molar-refractivity contribution < 1.29 is 37.6 Å². The molecule has 0 saturated heterocycles. The van der Waals surface area contributed by atoms with Crippen LogP contribution in [0, 0.1) is 0 Å². The van der Waals surface area contributed by atoms with E-state index < -0.39 is 32.5 Å². The van der Waals surface area contributed by atoms with Crippen molar-refractivity contribution in [3.8, 4) is 0 Å². The molecule has 0 aromatic carbocycles. The molecular weight excluding hydrogens is 894 g/mol. The van der Waals surface area contributed by atoms with Gasteiger partial charge in [0, 0.05) is 19.4 Å². The first kappa shape index (κ1) is 66.2. The Hall–Kier alpha value is -3.85. The Morgan fingerprint density at radius 1 is 0.443 bits per heavy atom. The maximum absolute atomic E-state index is 12.6. The summed E-state index contributed by atoms with van der Waals surface area (Å²) in [5.74, 6) is -0.867. The summed E-state index contributed by atoms with van der Waals surface area (Å²) >= 11 is 0. The Kier molecular flexibility index (Phi) is 51.5. The molecule has 0 aromatic rings. The molecule has 2 unspecified atom stereocenters. The van der Waals surface area contributed by atoms with E-state index in [1.54, 1.807) is 0 Å². The molecule has 0 aliphatic heterocycles. The molecule has 10 heteroatoms. The SMILES string of the molecule is CC/C=C\C/C=C\C/C=C\C/C=C\C/C=C\C/C=C\C/C=C\C/C=C\C/C=C\C/C=C\CCCCCCCCC(=O)OC(COC(=O)CCCCCCC/C=C\CCCCC)COP(=O)(O)OCCN. The second-order valence-electron chi connectivity index (χ2n) is 17.4. The van der Waals surface area contributed by atoms with Crippen molar-refractivity contribution in [3.05, 3.63) is 134 Å². The van der Waals surface area contributed by atoms with Crippen LogP contribution in [0.4, 0.5) is 0 Å². The summed E-state index contributed by atoms with van der Waals surface area (Å²) in [6.07, 6.45) is 76.5. The van der Waals surface area contributed by atoms with E-state index in [-0.39, 0.29) is 32.6 Å². The lowest BCUT2D eigenvalue weighted by Gasteiger charge is -2.19. The molecular formula is C60H98NO8P. The lowest BCUT2D eigenvalue weighted by Crippen LogP contribution is -2.29. The summed E-state index contributed by atoms with van der Waals surface area (Å²) < 4.78 is 32.9. The van der Waals surface area contributed by atoms with E-state index in [4.69, 9.17) is 24.3 Å². The number of unbranched alkanes of at least 4 members (excludes halogenated alkanes) is 14. The van der Waals surface area contributed by atoms with Gasteiger partial charge < -0.3 is 20.1 Å². The Bertz CT molecular complexity index is 1600. The summed E-state index contributed by atoms with van der Waals surface area (Å²) in [7, 11) is -4.40. The highest BCUT2D eigenvalue weighted by atomic mass is 31.2. The normalized spacial score (nSPS) is 14.2. The minimum atomic E-state index is -4.40. The molecule has 0 amide bonds. The van der Waals surface area contributed by atoms with E-state index in [0.29, 0.717) is 12.8 Å². The van der Waals surface area contributed by atoms with Crippen LogP contribution in [-0.4, -0.2) is 49.3 Å². The zero-order valence-electron chi connectivity index (χ0n) is 43.9. The molecule has 0 aliphatic carbocycles. The molecule has 0 rings (SSSR count). The second-order valence-corrected chi connectivity index (χ2v) is 18.8. The number of ether oxygens (including phenoxy) is 2. The van der Waals surface area contributed by atoms with Crippen LogP contribution in [0.3, 0.4) is 0 Å². The summed E-state index contributed by atoms with van der Waals surface area (Å²) in [6, 6.07) is 0. The molecule has 0 spiro atoms. The number of phosphoric ester groups is 1. The molecule has 3 N–H and O–H groups in total. The Balaban J connectivity index is 4.04. The number of nitrogens with two attached hydrogens (primary N) is 1. The molecule has 0 fully saturated rings. The average molecular weight is 992 g/mol. The summed E-state index contributed by atoms with van der Waals surface area (Å²) in [5, 5.41) is 0. The van der Waals surface area contributed by atoms with Gasteiger partial charge in [-0.05, 0) is 116 Å². The van der Waals surface area contributed by atoms with E-state index in [9.17, 15) is 19.0 Å². The van der Waals surface area contributed by atoms with Gasteiger partial charge in [0.05, 0.1) is 13.2 Å². The summed E-state index contributed by atoms with van der Waals surface area (Å²) in [4.78, 5) is 35.0. The van der Waals surface area contributed by atoms with Gasteiger partial charge in [0.1, 0.15) is 6.61 Å². The number of carbonyl (C=O) groups is 2. The third kappa shape index (κ3) is 53.5. The Labute approximate surface area is 427 Å². The van der Waals surface area contributed by atoms with Gasteiger partial charge in [0.2, 0.25) is 0 Å². The van der Waals surface area contributed by atoms with Crippen LogP contribution in [0.1, 0.15) is 200 Å². The quantitative estimate of drug-likeness (QED) is 0.0264. The number of phosphoric acid groups is 1. The van der Waals surface area contributed by atoms with Gasteiger partial charge in [-0.1, -0.05) is 205 Å². The molecule has 0 radical (unpaired) electrons. The van der Waals surface area contributed by atoms with Gasteiger partial charge in [-0.25, -0.2) is 4.57 Å². The van der Waals surface area contributed by atoms with Crippen LogP contribution in [0.25, 0.3) is 0 Å². The minimum Gasteiger partial charge on any atom is -0.462 e. The van der Waals surface area contributed by atoms with Gasteiger partial charge in [0.25, 0.3) is 0 Å². The molecule has 0 bridgehead atoms. The monoisotopic (exact) mass is 992 g/mol. The standard InChI is InChI=1S/C60H98NO8P/c1-3-5-7-9-11-13-15-17-18-19-20-21-22-23-24-25-26-27-28-29-30-31-32-33-34-35-36-37-38-39-40-41-43-45-47-49-51-53-60(63)69-58(57-68-70(64,65)67-55-54-61)56-66-59(62)52-50-48-46-44-42-16-14-12-10-8-6-4-2/h5,7,11-14,17-18,20-21,23-24,26-27,29-30,32-33,35-36,38-39,58H,3-4,6,8-10,15-16,19,22,25,28,31,34,37,40-57,61H2,1-2H3,(H,64,65)/b7-5-,13-11-,14-12-,18-17-,21-20-,24-23-,27-26-,30-29-,33-32-,36-35-,39-38-. The van der Waals surface area contributed by atoms with Crippen molar-refractivity contribution in [2.24, 2.45) is 5.73 Å². The number of carbonyl (C=O) groups excluding carboxylic acids is 2. The fraction of sp³-hybridized carbons (Fsp3) is 0.600. The van der Waals surface area contributed by atoms with E-state index in [1.165, 1.54) is 19.3 Å². The highest BCUT2D eigenvalue weighted by molar-refractivity contribution is 7.47. The van der Waals surface area contributed by atoms with Crippen molar-refractivity contribution >= 4 is 19.8 Å². The van der Waals surface area contributed by atoms with Crippen LogP contribution in [0.15, 0.2) is 134 Å². The van der Waals surface area contributed by atoms with Crippen LogP contribution in [0.5, 0.6) is 0 Å². The van der Waals surface area contributed by atoms with Crippen LogP contribution < -0.4 is 5.73 Å². The maximum Gasteiger partial charge on any atom is 0.472 e. The van der Waals surface area contributed by atoms with Crippen LogP contribution in [-0.2, 0) is 32.7 Å². The highest BCUT2D eigenvalue weighted by Gasteiger charge is 2.26. The highest BCUT2D eigenvalue weighted by Crippen LogP contribution is 2.43. The van der Waals surface area contributed by atoms with Crippen LogP contribution in [0.2, 0.25) is 0 Å². The predicted molar refractivity (Wildman–Crippen MR) is 297 cm³/mol. The van der Waals surface area contributed by atoms with E-state index in [1.807, 2.05) is 0 Å². The minimum absolute atomic E-state index is 0.0430. The lowest BCUT2D eigenvalue weighted by molar-refractivity contribution is -0.161. The molecule has 70 heavy (non-hydrogen) atoms. The van der Waals surface area contributed by atoms with Crippen molar-refractivity contribution in [2.75, 3.05) is 26.4 Å². The molecule has 0 heterocycles. The number of esters is 2. The predicted octanol–water partition coefficient (Wildman–Crippen LogP) is 17.0. The third-order valence-electron chi connectivity index (χ3n) is 10.8. The summed E-state index contributed by atoms with van der Waals surface area (Å²) in [5.41, 5.74) is 5.36. The van der Waals surface area contributed by atoms with Gasteiger partial charge in [-0.2, -0.15) is 0 Å². The molecule has 9 nitrogen and oxygen atoms in total. The zero-order valence-corrected chi connectivity index (χ0v) is 44.8.